The summed E-state index contributed by atoms with van der Waals surface area (Å²) in [5.74, 6) is 0.789. The minimum absolute atomic E-state index is 0.392. The molecule has 0 saturated carbocycles. The fourth-order valence-corrected chi connectivity index (χ4v) is 1.13. The van der Waals surface area contributed by atoms with Gasteiger partial charge in [-0.05, 0) is 31.5 Å². The van der Waals surface area contributed by atoms with E-state index in [9.17, 15) is 0 Å². The lowest BCUT2D eigenvalue weighted by Gasteiger charge is -2.14. The molecule has 0 spiro atoms. The van der Waals surface area contributed by atoms with Gasteiger partial charge in [0, 0.05) is 6.61 Å². The summed E-state index contributed by atoms with van der Waals surface area (Å²) in [4.78, 5) is 0. The van der Waals surface area contributed by atoms with Gasteiger partial charge in [-0.15, -0.1) is 0 Å². The maximum absolute atomic E-state index is 5.69. The number of benzene rings is 1. The normalized spacial score (nSPS) is 12.5. The van der Waals surface area contributed by atoms with Gasteiger partial charge in [0.2, 0.25) is 0 Å². The first-order valence-corrected chi connectivity index (χ1v) is 4.79. The van der Waals surface area contributed by atoms with Crippen molar-refractivity contribution in [3.63, 3.8) is 0 Å². The summed E-state index contributed by atoms with van der Waals surface area (Å²) in [6.45, 7) is 5.02. The van der Waals surface area contributed by atoms with Crippen molar-refractivity contribution in [2.75, 3.05) is 13.2 Å². The third kappa shape index (κ3) is 3.77. The number of hydrogen-bond acceptors (Lipinski definition) is 3. The van der Waals surface area contributed by atoms with Crippen molar-refractivity contribution < 1.29 is 9.47 Å². The van der Waals surface area contributed by atoms with Crippen molar-refractivity contribution in [1.82, 2.24) is 0 Å². The Morgan fingerprint density at radius 3 is 2.86 bits per heavy atom. The number of hydrogen-bond donors (Lipinski definition) is 1. The molecule has 3 heteroatoms. The molecule has 0 aliphatic heterocycles. The number of aryl methyl sites for hydroxylation is 1. The lowest BCUT2D eigenvalue weighted by molar-refractivity contribution is 0.0598. The summed E-state index contributed by atoms with van der Waals surface area (Å²) in [6.07, 6.45) is -0.392. The van der Waals surface area contributed by atoms with Gasteiger partial charge in [-0.3, -0.25) is 5.73 Å². The van der Waals surface area contributed by atoms with E-state index >= 15 is 0 Å². The van der Waals surface area contributed by atoms with Crippen molar-refractivity contribution in [3.8, 4) is 5.75 Å². The lowest BCUT2D eigenvalue weighted by Crippen LogP contribution is -2.32. The Morgan fingerprint density at radius 1 is 1.43 bits per heavy atom. The molecule has 0 aliphatic carbocycles. The van der Waals surface area contributed by atoms with Crippen LogP contribution in [0.3, 0.4) is 0 Å². The number of ether oxygens (including phenoxy) is 2. The lowest BCUT2D eigenvalue weighted by atomic mass is 10.2. The van der Waals surface area contributed by atoms with E-state index < -0.39 is 6.23 Å². The van der Waals surface area contributed by atoms with Crippen LogP contribution in [0, 0.1) is 6.92 Å². The summed E-state index contributed by atoms with van der Waals surface area (Å²) in [6, 6.07) is 7.80. The molecular weight excluding hydrogens is 178 g/mol. The van der Waals surface area contributed by atoms with Crippen LogP contribution in [0.15, 0.2) is 24.3 Å². The first-order chi connectivity index (χ1) is 6.72. The molecule has 0 fully saturated rings. The smallest absolute Gasteiger partial charge is 0.171 e. The third-order valence-corrected chi connectivity index (χ3v) is 1.76. The molecule has 3 nitrogen and oxygen atoms in total. The quantitative estimate of drug-likeness (QED) is 0.727. The summed E-state index contributed by atoms with van der Waals surface area (Å²) < 4.78 is 10.6. The summed E-state index contributed by atoms with van der Waals surface area (Å²) >= 11 is 0. The van der Waals surface area contributed by atoms with Gasteiger partial charge < -0.3 is 9.47 Å². The van der Waals surface area contributed by atoms with Crippen LogP contribution in [0.4, 0.5) is 0 Å². The molecule has 0 amide bonds. The molecule has 1 unspecified atom stereocenters. The van der Waals surface area contributed by atoms with Crippen LogP contribution < -0.4 is 10.5 Å². The van der Waals surface area contributed by atoms with Crippen molar-refractivity contribution in [2.24, 2.45) is 5.73 Å². The molecule has 14 heavy (non-hydrogen) atoms. The Morgan fingerprint density at radius 2 is 2.21 bits per heavy atom. The highest BCUT2D eigenvalue weighted by molar-refractivity contribution is 5.27. The van der Waals surface area contributed by atoms with Gasteiger partial charge in [-0.2, -0.15) is 0 Å². The van der Waals surface area contributed by atoms with E-state index in [0.29, 0.717) is 13.2 Å². The number of nitrogens with two attached hydrogens (primary N) is 1. The molecule has 0 aromatic heterocycles. The standard InChI is InChI=1S/C11H17NO2/c1-3-13-8-11(12)14-10-6-4-5-9(2)7-10/h4-7,11H,3,8,12H2,1-2H3. The van der Waals surface area contributed by atoms with Gasteiger partial charge in [-0.25, -0.2) is 0 Å². The van der Waals surface area contributed by atoms with Gasteiger partial charge in [0.05, 0.1) is 6.61 Å². The average Bonchev–Trinajstić information content (AvgIpc) is 2.15. The average molecular weight is 195 g/mol. The van der Waals surface area contributed by atoms with E-state index in [0.717, 1.165) is 11.3 Å². The molecule has 1 aromatic carbocycles. The number of rotatable bonds is 5. The van der Waals surface area contributed by atoms with Crippen LogP contribution in [0.5, 0.6) is 5.75 Å². The van der Waals surface area contributed by atoms with E-state index in [1.807, 2.05) is 38.1 Å². The van der Waals surface area contributed by atoms with E-state index in [-0.39, 0.29) is 0 Å². The fraction of sp³-hybridized carbons (Fsp3) is 0.455. The molecule has 0 radical (unpaired) electrons. The van der Waals surface area contributed by atoms with Crippen LogP contribution in [-0.2, 0) is 4.74 Å². The zero-order valence-corrected chi connectivity index (χ0v) is 8.69. The highest BCUT2D eigenvalue weighted by Crippen LogP contribution is 2.12. The highest BCUT2D eigenvalue weighted by atomic mass is 16.5. The van der Waals surface area contributed by atoms with Crippen LogP contribution in [0.25, 0.3) is 0 Å². The minimum Gasteiger partial charge on any atom is -0.473 e. The van der Waals surface area contributed by atoms with Crippen LogP contribution in [0.2, 0.25) is 0 Å². The molecular formula is C11H17NO2. The van der Waals surface area contributed by atoms with E-state index in [1.54, 1.807) is 0 Å². The Hall–Kier alpha value is -1.06. The molecule has 78 valence electrons. The van der Waals surface area contributed by atoms with E-state index in [2.05, 4.69) is 0 Å². The predicted octanol–water partition coefficient (Wildman–Crippen LogP) is 1.70. The van der Waals surface area contributed by atoms with Gasteiger partial charge in [0.15, 0.2) is 6.23 Å². The molecule has 1 atom stereocenters. The summed E-state index contributed by atoms with van der Waals surface area (Å²) in [5.41, 5.74) is 6.85. The Kier molecular flexibility index (Phi) is 4.43. The first kappa shape index (κ1) is 11.0. The molecule has 0 saturated heterocycles. The fourth-order valence-electron chi connectivity index (χ4n) is 1.13. The molecule has 0 aliphatic rings. The van der Waals surface area contributed by atoms with Gasteiger partial charge >= 0.3 is 0 Å². The zero-order valence-electron chi connectivity index (χ0n) is 8.69. The minimum atomic E-state index is -0.392. The second-order valence-electron chi connectivity index (χ2n) is 3.13. The second kappa shape index (κ2) is 5.62. The van der Waals surface area contributed by atoms with Crippen molar-refractivity contribution in [3.05, 3.63) is 29.8 Å². The van der Waals surface area contributed by atoms with E-state index in [4.69, 9.17) is 15.2 Å². The maximum Gasteiger partial charge on any atom is 0.171 e. The predicted molar refractivity (Wildman–Crippen MR) is 56.3 cm³/mol. The van der Waals surface area contributed by atoms with Gasteiger partial charge in [0.1, 0.15) is 5.75 Å². The monoisotopic (exact) mass is 195 g/mol. The maximum atomic E-state index is 5.69. The van der Waals surface area contributed by atoms with Crippen LogP contribution >= 0.6 is 0 Å². The molecule has 1 rings (SSSR count). The Bertz CT molecular complexity index is 276. The molecule has 2 N–H and O–H groups in total. The molecule has 1 aromatic rings. The van der Waals surface area contributed by atoms with Crippen molar-refractivity contribution >= 4 is 0 Å². The Balaban J connectivity index is 2.43. The Labute approximate surface area is 84.8 Å². The van der Waals surface area contributed by atoms with Crippen molar-refractivity contribution in [2.45, 2.75) is 20.1 Å². The topological polar surface area (TPSA) is 44.5 Å². The van der Waals surface area contributed by atoms with Gasteiger partial charge in [0.25, 0.3) is 0 Å². The highest BCUT2D eigenvalue weighted by Gasteiger charge is 2.03. The van der Waals surface area contributed by atoms with Crippen molar-refractivity contribution in [1.29, 1.82) is 0 Å². The first-order valence-electron chi connectivity index (χ1n) is 4.79. The summed E-state index contributed by atoms with van der Waals surface area (Å²) in [5, 5.41) is 0. The van der Waals surface area contributed by atoms with E-state index in [1.165, 1.54) is 0 Å². The SMILES string of the molecule is CCOCC(N)Oc1cccc(C)c1. The zero-order chi connectivity index (χ0) is 10.4. The van der Waals surface area contributed by atoms with Crippen LogP contribution in [0.1, 0.15) is 12.5 Å². The van der Waals surface area contributed by atoms with Gasteiger partial charge in [-0.1, -0.05) is 12.1 Å². The largest absolute Gasteiger partial charge is 0.473 e. The third-order valence-electron chi connectivity index (χ3n) is 1.76. The molecule has 0 heterocycles. The summed E-state index contributed by atoms with van der Waals surface area (Å²) in [7, 11) is 0. The second-order valence-corrected chi connectivity index (χ2v) is 3.13. The van der Waals surface area contributed by atoms with Crippen LogP contribution in [-0.4, -0.2) is 19.4 Å². The molecule has 0 bridgehead atoms.